The quantitative estimate of drug-likeness (QED) is 0.941. The van der Waals surface area contributed by atoms with Gasteiger partial charge in [0, 0.05) is 6.92 Å². The number of methoxy groups -OCH3 is 1. The molecule has 2 aromatic rings. The number of amides is 1. The number of hydrogen-bond donors (Lipinski definition) is 1. The van der Waals surface area contributed by atoms with Crippen LogP contribution in [0.25, 0.3) is 0 Å². The predicted molar refractivity (Wildman–Crippen MR) is 75.4 cm³/mol. The molecule has 0 saturated carbocycles. The largest absolute Gasteiger partial charge is 0.494 e. The van der Waals surface area contributed by atoms with E-state index < -0.39 is 5.91 Å². The Morgan fingerprint density at radius 3 is 2.70 bits per heavy atom. The lowest BCUT2D eigenvalue weighted by Crippen LogP contribution is -2.24. The minimum Gasteiger partial charge on any atom is -0.494 e. The highest BCUT2D eigenvalue weighted by Crippen LogP contribution is 2.33. The van der Waals surface area contributed by atoms with Crippen LogP contribution in [-0.4, -0.2) is 18.0 Å². The fraction of sp³-hybridized carbons (Fsp3) is 0.231. The van der Waals surface area contributed by atoms with E-state index in [1.54, 1.807) is 19.1 Å². The molecule has 7 heteroatoms. The van der Waals surface area contributed by atoms with E-state index in [1.807, 2.05) is 0 Å². The number of carbonyl (C=O) groups is 1. The molecule has 0 bridgehead atoms. The van der Waals surface area contributed by atoms with Gasteiger partial charge in [-0.25, -0.2) is 4.98 Å². The van der Waals surface area contributed by atoms with E-state index in [0.29, 0.717) is 16.6 Å². The van der Waals surface area contributed by atoms with Crippen LogP contribution < -0.4 is 10.1 Å². The molecule has 106 valence electrons. The van der Waals surface area contributed by atoms with Crippen molar-refractivity contribution in [2.75, 3.05) is 7.11 Å². The van der Waals surface area contributed by atoms with Crippen molar-refractivity contribution in [2.45, 2.75) is 13.5 Å². The SMILES string of the molecule is COc1c(Cl)ccc(Cl)c1C(=O)NCc1coc(C)n1. The van der Waals surface area contributed by atoms with Crippen molar-refractivity contribution < 1.29 is 13.9 Å². The summed E-state index contributed by atoms with van der Waals surface area (Å²) in [5, 5.41) is 3.27. The van der Waals surface area contributed by atoms with Gasteiger partial charge < -0.3 is 14.5 Å². The summed E-state index contributed by atoms with van der Waals surface area (Å²) in [6, 6.07) is 3.11. The third kappa shape index (κ3) is 3.05. The summed E-state index contributed by atoms with van der Waals surface area (Å²) < 4.78 is 10.2. The number of carbonyl (C=O) groups excluding carboxylic acids is 1. The van der Waals surface area contributed by atoms with Gasteiger partial charge in [0.25, 0.3) is 5.91 Å². The van der Waals surface area contributed by atoms with Crippen molar-refractivity contribution >= 4 is 29.1 Å². The average Bonchev–Trinajstić information content (AvgIpc) is 2.84. The summed E-state index contributed by atoms with van der Waals surface area (Å²) in [4.78, 5) is 16.3. The molecule has 0 unspecified atom stereocenters. The fourth-order valence-corrected chi connectivity index (χ4v) is 2.16. The van der Waals surface area contributed by atoms with Gasteiger partial charge in [-0.3, -0.25) is 4.79 Å². The fourth-order valence-electron chi connectivity index (χ4n) is 1.69. The number of aryl methyl sites for hydroxylation is 1. The van der Waals surface area contributed by atoms with Gasteiger partial charge in [0.15, 0.2) is 11.6 Å². The van der Waals surface area contributed by atoms with E-state index in [-0.39, 0.29) is 22.9 Å². The molecule has 1 aromatic heterocycles. The van der Waals surface area contributed by atoms with Crippen LogP contribution >= 0.6 is 23.2 Å². The highest BCUT2D eigenvalue weighted by Gasteiger charge is 2.19. The van der Waals surface area contributed by atoms with Crippen LogP contribution in [0, 0.1) is 6.92 Å². The Balaban J connectivity index is 2.19. The van der Waals surface area contributed by atoms with Crippen LogP contribution in [0.15, 0.2) is 22.8 Å². The van der Waals surface area contributed by atoms with Crippen molar-refractivity contribution in [3.63, 3.8) is 0 Å². The van der Waals surface area contributed by atoms with E-state index in [1.165, 1.54) is 13.4 Å². The highest BCUT2D eigenvalue weighted by atomic mass is 35.5. The number of hydrogen-bond acceptors (Lipinski definition) is 4. The number of halogens is 2. The normalized spacial score (nSPS) is 10.4. The van der Waals surface area contributed by atoms with Crippen LogP contribution in [0.3, 0.4) is 0 Å². The summed E-state index contributed by atoms with van der Waals surface area (Å²) in [5.41, 5.74) is 0.815. The summed E-state index contributed by atoms with van der Waals surface area (Å²) >= 11 is 12.0. The smallest absolute Gasteiger partial charge is 0.256 e. The second-order valence-corrected chi connectivity index (χ2v) is 4.79. The molecule has 5 nitrogen and oxygen atoms in total. The molecule has 0 spiro atoms. The number of rotatable bonds is 4. The molecule has 2 rings (SSSR count). The maximum absolute atomic E-state index is 12.2. The number of benzene rings is 1. The average molecular weight is 315 g/mol. The Morgan fingerprint density at radius 2 is 2.10 bits per heavy atom. The van der Waals surface area contributed by atoms with Gasteiger partial charge in [0.05, 0.1) is 29.4 Å². The summed E-state index contributed by atoms with van der Waals surface area (Å²) in [6.45, 7) is 1.95. The first-order valence-corrected chi connectivity index (χ1v) is 6.49. The first-order chi connectivity index (χ1) is 9.52. The maximum atomic E-state index is 12.2. The Hall–Kier alpha value is -1.72. The Morgan fingerprint density at radius 1 is 1.40 bits per heavy atom. The number of nitrogens with one attached hydrogen (secondary N) is 1. The van der Waals surface area contributed by atoms with Crippen molar-refractivity contribution in [3.8, 4) is 5.75 Å². The topological polar surface area (TPSA) is 64.4 Å². The molecule has 1 amide bonds. The second kappa shape index (κ2) is 6.15. The standard InChI is InChI=1S/C13H12Cl2N2O3/c1-7-17-8(6-20-7)5-16-13(18)11-9(14)3-4-10(15)12(11)19-2/h3-4,6H,5H2,1-2H3,(H,16,18). The number of oxazole rings is 1. The van der Waals surface area contributed by atoms with E-state index in [2.05, 4.69) is 10.3 Å². The summed E-state index contributed by atoms with van der Waals surface area (Å²) in [7, 11) is 1.43. The molecule has 0 aliphatic carbocycles. The molecule has 0 aliphatic heterocycles. The van der Waals surface area contributed by atoms with Crippen molar-refractivity contribution in [1.82, 2.24) is 10.3 Å². The van der Waals surface area contributed by atoms with Crippen LogP contribution in [0.1, 0.15) is 21.9 Å². The summed E-state index contributed by atoms with van der Waals surface area (Å²) in [5.74, 6) is 0.385. The van der Waals surface area contributed by atoms with Crippen molar-refractivity contribution in [3.05, 3.63) is 45.6 Å². The number of ether oxygens (including phenoxy) is 1. The zero-order chi connectivity index (χ0) is 14.7. The van der Waals surface area contributed by atoms with E-state index in [9.17, 15) is 4.79 Å². The van der Waals surface area contributed by atoms with Gasteiger partial charge in [0.1, 0.15) is 11.8 Å². The molecule has 0 aliphatic rings. The number of nitrogens with zero attached hydrogens (tertiary/aromatic N) is 1. The molecule has 0 radical (unpaired) electrons. The lowest BCUT2D eigenvalue weighted by molar-refractivity contribution is 0.0947. The van der Waals surface area contributed by atoms with E-state index in [4.69, 9.17) is 32.4 Å². The van der Waals surface area contributed by atoms with E-state index >= 15 is 0 Å². The van der Waals surface area contributed by atoms with Crippen LogP contribution in [0.2, 0.25) is 10.0 Å². The lowest BCUT2D eigenvalue weighted by atomic mass is 10.2. The Kier molecular flexibility index (Phi) is 4.52. The third-order valence-electron chi connectivity index (χ3n) is 2.59. The number of aromatic nitrogens is 1. The van der Waals surface area contributed by atoms with Gasteiger partial charge in [-0.05, 0) is 12.1 Å². The molecule has 1 aromatic carbocycles. The molecule has 20 heavy (non-hydrogen) atoms. The molecular weight excluding hydrogens is 303 g/mol. The van der Waals surface area contributed by atoms with Gasteiger partial charge in [0.2, 0.25) is 0 Å². The zero-order valence-electron chi connectivity index (χ0n) is 10.9. The minimum atomic E-state index is -0.394. The Bertz CT molecular complexity index is 641. The maximum Gasteiger partial charge on any atom is 0.256 e. The van der Waals surface area contributed by atoms with Gasteiger partial charge in [-0.15, -0.1) is 0 Å². The van der Waals surface area contributed by atoms with Crippen molar-refractivity contribution in [2.24, 2.45) is 0 Å². The predicted octanol–water partition coefficient (Wildman–Crippen LogP) is 3.23. The van der Waals surface area contributed by atoms with Crippen LogP contribution in [0.4, 0.5) is 0 Å². The van der Waals surface area contributed by atoms with Crippen LogP contribution in [-0.2, 0) is 6.54 Å². The summed E-state index contributed by atoms with van der Waals surface area (Å²) in [6.07, 6.45) is 1.48. The second-order valence-electron chi connectivity index (χ2n) is 3.98. The highest BCUT2D eigenvalue weighted by molar-refractivity contribution is 6.37. The van der Waals surface area contributed by atoms with E-state index in [0.717, 1.165) is 0 Å². The molecule has 0 fully saturated rings. The van der Waals surface area contributed by atoms with Gasteiger partial charge >= 0.3 is 0 Å². The molecule has 0 atom stereocenters. The molecule has 1 heterocycles. The third-order valence-corrected chi connectivity index (χ3v) is 3.20. The first kappa shape index (κ1) is 14.7. The first-order valence-electron chi connectivity index (χ1n) is 5.74. The zero-order valence-corrected chi connectivity index (χ0v) is 12.4. The van der Waals surface area contributed by atoms with Crippen molar-refractivity contribution in [1.29, 1.82) is 0 Å². The Labute approximate surface area is 125 Å². The molecule has 1 N–H and O–H groups in total. The minimum absolute atomic E-state index is 0.196. The monoisotopic (exact) mass is 314 g/mol. The van der Waals surface area contributed by atoms with Gasteiger partial charge in [-0.1, -0.05) is 23.2 Å². The molecular formula is C13H12Cl2N2O3. The van der Waals surface area contributed by atoms with Crippen LogP contribution in [0.5, 0.6) is 5.75 Å². The van der Waals surface area contributed by atoms with Gasteiger partial charge in [-0.2, -0.15) is 0 Å². The molecule has 0 saturated heterocycles. The lowest BCUT2D eigenvalue weighted by Gasteiger charge is -2.11.